The second-order valence-electron chi connectivity index (χ2n) is 4.52. The average molecular weight is 250 g/mol. The maximum atomic E-state index is 12.2. The summed E-state index contributed by atoms with van der Waals surface area (Å²) < 4.78 is 0. The number of anilines is 1. The number of piperidine rings is 1. The lowest BCUT2D eigenvalue weighted by Gasteiger charge is -2.31. The third-order valence-electron chi connectivity index (χ3n) is 3.21. The van der Waals surface area contributed by atoms with Crippen LogP contribution in [-0.2, 0) is 0 Å². The molecular weight excluding hydrogens is 232 g/mol. The van der Waals surface area contributed by atoms with E-state index in [0.717, 1.165) is 19.4 Å². The second kappa shape index (κ2) is 5.79. The number of hydrogen-bond donors (Lipinski definition) is 3. The average Bonchev–Trinajstić information content (AvgIpc) is 2.46. The second-order valence-corrected chi connectivity index (χ2v) is 4.52. The first-order valence-corrected chi connectivity index (χ1v) is 6.07. The van der Waals surface area contributed by atoms with E-state index in [0.29, 0.717) is 17.9 Å². The predicted octanol–water partition coefficient (Wildman–Crippen LogP) is 0.212. The Morgan fingerprint density at radius 2 is 2.44 bits per heavy atom. The maximum Gasteiger partial charge on any atom is 0.272 e. The Morgan fingerprint density at radius 1 is 1.61 bits per heavy atom. The van der Waals surface area contributed by atoms with E-state index in [4.69, 9.17) is 10.9 Å². The Bertz CT molecular complexity index is 407. The van der Waals surface area contributed by atoms with Crippen molar-refractivity contribution in [3.05, 3.63) is 24.0 Å². The van der Waals surface area contributed by atoms with Gasteiger partial charge in [0, 0.05) is 19.7 Å². The normalized spacial score (nSPS) is 19.7. The third kappa shape index (κ3) is 2.77. The molecule has 1 atom stereocenters. The van der Waals surface area contributed by atoms with E-state index in [1.165, 1.54) is 6.20 Å². The molecular formula is C12H18N4O2. The summed E-state index contributed by atoms with van der Waals surface area (Å²) in [5, 5.41) is 9.15. The first kappa shape index (κ1) is 12.8. The van der Waals surface area contributed by atoms with Gasteiger partial charge >= 0.3 is 0 Å². The smallest absolute Gasteiger partial charge is 0.272 e. The minimum atomic E-state index is -0.0864. The molecule has 2 rings (SSSR count). The van der Waals surface area contributed by atoms with Gasteiger partial charge in [-0.1, -0.05) is 0 Å². The Balaban J connectivity index is 2.05. The van der Waals surface area contributed by atoms with Gasteiger partial charge in [0.25, 0.3) is 5.91 Å². The van der Waals surface area contributed by atoms with Crippen LogP contribution in [0.1, 0.15) is 23.3 Å². The molecule has 0 aliphatic carbocycles. The number of aromatic nitrogens is 1. The molecule has 1 saturated heterocycles. The molecule has 6 heteroatoms. The lowest BCUT2D eigenvalue weighted by molar-refractivity contribution is 0.0615. The van der Waals surface area contributed by atoms with Crippen LogP contribution in [0.4, 0.5) is 5.69 Å². The fourth-order valence-electron chi connectivity index (χ4n) is 2.17. The van der Waals surface area contributed by atoms with Gasteiger partial charge in [0.05, 0.1) is 11.9 Å². The number of nitrogens with one attached hydrogen (secondary N) is 1. The van der Waals surface area contributed by atoms with Crippen molar-refractivity contribution in [1.29, 1.82) is 0 Å². The van der Waals surface area contributed by atoms with Crippen LogP contribution in [-0.4, -0.2) is 40.6 Å². The van der Waals surface area contributed by atoms with Gasteiger partial charge in [-0.3, -0.25) is 10.6 Å². The molecule has 4 N–H and O–H groups in total. The number of hydrazine groups is 1. The van der Waals surface area contributed by atoms with Crippen LogP contribution in [0.25, 0.3) is 0 Å². The van der Waals surface area contributed by atoms with E-state index in [1.807, 2.05) is 0 Å². The summed E-state index contributed by atoms with van der Waals surface area (Å²) in [5.74, 6) is 5.34. The minimum Gasteiger partial charge on any atom is -0.396 e. The van der Waals surface area contributed by atoms with Gasteiger partial charge < -0.3 is 15.4 Å². The highest BCUT2D eigenvalue weighted by atomic mass is 16.3. The highest BCUT2D eigenvalue weighted by molar-refractivity contribution is 5.92. The SMILES string of the molecule is NNc1ccc(C(=O)N2CCCC(CO)C2)nc1. The van der Waals surface area contributed by atoms with Crippen LogP contribution >= 0.6 is 0 Å². The molecule has 1 amide bonds. The fraction of sp³-hybridized carbons (Fsp3) is 0.500. The van der Waals surface area contributed by atoms with E-state index in [1.54, 1.807) is 17.0 Å². The molecule has 1 fully saturated rings. The molecule has 1 aromatic heterocycles. The van der Waals surface area contributed by atoms with E-state index >= 15 is 0 Å². The Kier molecular flexibility index (Phi) is 4.11. The fourth-order valence-corrected chi connectivity index (χ4v) is 2.17. The van der Waals surface area contributed by atoms with Crippen molar-refractivity contribution in [2.75, 3.05) is 25.1 Å². The monoisotopic (exact) mass is 250 g/mol. The zero-order valence-corrected chi connectivity index (χ0v) is 10.2. The van der Waals surface area contributed by atoms with E-state index in [2.05, 4.69) is 10.4 Å². The maximum absolute atomic E-state index is 12.2. The van der Waals surface area contributed by atoms with Crippen molar-refractivity contribution in [2.45, 2.75) is 12.8 Å². The van der Waals surface area contributed by atoms with Gasteiger partial charge in [0.2, 0.25) is 0 Å². The zero-order valence-electron chi connectivity index (χ0n) is 10.2. The number of carbonyl (C=O) groups is 1. The lowest BCUT2D eigenvalue weighted by Crippen LogP contribution is -2.41. The number of hydrogen-bond acceptors (Lipinski definition) is 5. The predicted molar refractivity (Wildman–Crippen MR) is 67.8 cm³/mol. The van der Waals surface area contributed by atoms with E-state index in [-0.39, 0.29) is 18.4 Å². The van der Waals surface area contributed by atoms with E-state index < -0.39 is 0 Å². The molecule has 1 aliphatic heterocycles. The molecule has 0 saturated carbocycles. The van der Waals surface area contributed by atoms with Crippen molar-refractivity contribution in [1.82, 2.24) is 9.88 Å². The largest absolute Gasteiger partial charge is 0.396 e. The van der Waals surface area contributed by atoms with Crippen LogP contribution in [0.5, 0.6) is 0 Å². The van der Waals surface area contributed by atoms with Gasteiger partial charge in [0.1, 0.15) is 5.69 Å². The number of nitrogen functional groups attached to an aromatic ring is 1. The number of carbonyl (C=O) groups excluding carboxylic acids is 1. The summed E-state index contributed by atoms with van der Waals surface area (Å²) in [6.07, 6.45) is 3.43. The van der Waals surface area contributed by atoms with Crippen LogP contribution in [0.3, 0.4) is 0 Å². The molecule has 0 bridgehead atoms. The number of rotatable bonds is 3. The van der Waals surface area contributed by atoms with Crippen LogP contribution in [0, 0.1) is 5.92 Å². The molecule has 18 heavy (non-hydrogen) atoms. The summed E-state index contributed by atoms with van der Waals surface area (Å²) >= 11 is 0. The molecule has 1 aromatic rings. The number of nitrogens with zero attached hydrogens (tertiary/aromatic N) is 2. The van der Waals surface area contributed by atoms with Crippen LogP contribution in [0.2, 0.25) is 0 Å². The number of aliphatic hydroxyl groups excluding tert-OH is 1. The van der Waals surface area contributed by atoms with Crippen molar-refractivity contribution in [3.63, 3.8) is 0 Å². The first-order chi connectivity index (χ1) is 8.74. The summed E-state index contributed by atoms with van der Waals surface area (Å²) in [5.41, 5.74) is 3.54. The molecule has 0 aromatic carbocycles. The van der Waals surface area contributed by atoms with Crippen molar-refractivity contribution in [3.8, 4) is 0 Å². The highest BCUT2D eigenvalue weighted by Gasteiger charge is 2.24. The molecule has 0 radical (unpaired) electrons. The quantitative estimate of drug-likeness (QED) is 0.527. The topological polar surface area (TPSA) is 91.5 Å². The molecule has 0 spiro atoms. The van der Waals surface area contributed by atoms with Gasteiger partial charge in [-0.2, -0.15) is 0 Å². The standard InChI is InChI=1S/C12H18N4O2/c13-15-10-3-4-11(14-6-10)12(18)16-5-1-2-9(7-16)8-17/h3-4,6,9,15,17H,1-2,5,7-8,13H2. The number of nitrogens with two attached hydrogens (primary N) is 1. The summed E-state index contributed by atoms with van der Waals surface area (Å²) in [6, 6.07) is 3.37. The summed E-state index contributed by atoms with van der Waals surface area (Å²) in [4.78, 5) is 18.0. The van der Waals surface area contributed by atoms with Crippen molar-refractivity contribution >= 4 is 11.6 Å². The van der Waals surface area contributed by atoms with Crippen LogP contribution in [0.15, 0.2) is 18.3 Å². The summed E-state index contributed by atoms with van der Waals surface area (Å²) in [7, 11) is 0. The zero-order chi connectivity index (χ0) is 13.0. The van der Waals surface area contributed by atoms with E-state index in [9.17, 15) is 4.79 Å². The Hall–Kier alpha value is -1.66. The molecule has 6 nitrogen and oxygen atoms in total. The molecule has 1 unspecified atom stereocenters. The van der Waals surface area contributed by atoms with Gasteiger partial charge in [-0.15, -0.1) is 0 Å². The molecule has 1 aliphatic rings. The van der Waals surface area contributed by atoms with Crippen LogP contribution < -0.4 is 11.3 Å². The Morgan fingerprint density at radius 3 is 3.06 bits per heavy atom. The number of amides is 1. The lowest BCUT2D eigenvalue weighted by atomic mass is 9.99. The van der Waals surface area contributed by atoms with Crippen molar-refractivity contribution in [2.24, 2.45) is 11.8 Å². The first-order valence-electron chi connectivity index (χ1n) is 6.07. The number of pyridine rings is 1. The summed E-state index contributed by atoms with van der Waals surface area (Å²) in [6.45, 7) is 1.47. The third-order valence-corrected chi connectivity index (χ3v) is 3.21. The number of likely N-dealkylation sites (tertiary alicyclic amines) is 1. The van der Waals surface area contributed by atoms with Gasteiger partial charge in [0.15, 0.2) is 0 Å². The molecule has 98 valence electrons. The minimum absolute atomic E-state index is 0.0864. The van der Waals surface area contributed by atoms with Gasteiger partial charge in [-0.05, 0) is 30.9 Å². The Labute approximate surface area is 106 Å². The molecule has 2 heterocycles. The number of aliphatic hydroxyl groups is 1. The highest BCUT2D eigenvalue weighted by Crippen LogP contribution is 2.17. The van der Waals surface area contributed by atoms with Crippen molar-refractivity contribution < 1.29 is 9.90 Å². The van der Waals surface area contributed by atoms with Gasteiger partial charge in [-0.25, -0.2) is 4.98 Å².